The van der Waals surface area contributed by atoms with Gasteiger partial charge in [0.15, 0.2) is 5.76 Å². The second kappa shape index (κ2) is 8.03. The SMILES string of the molecule is Cc1ccc(S[C@H](C)C(=O)OCc2cc(-c3ccccc3)on2)cc1. The number of aryl methyl sites for hydroxylation is 1. The Bertz CT molecular complexity index is 828. The average molecular weight is 353 g/mol. The van der Waals surface area contributed by atoms with E-state index in [1.54, 1.807) is 6.07 Å². The van der Waals surface area contributed by atoms with E-state index >= 15 is 0 Å². The third-order valence-electron chi connectivity index (χ3n) is 3.65. The number of nitrogens with zero attached hydrogens (tertiary/aromatic N) is 1. The molecule has 0 N–H and O–H groups in total. The zero-order chi connectivity index (χ0) is 17.6. The summed E-state index contributed by atoms with van der Waals surface area (Å²) in [5.74, 6) is 0.392. The number of rotatable bonds is 6. The highest BCUT2D eigenvalue weighted by molar-refractivity contribution is 8.00. The van der Waals surface area contributed by atoms with Crippen LogP contribution in [0.2, 0.25) is 0 Å². The summed E-state index contributed by atoms with van der Waals surface area (Å²) in [7, 11) is 0. The summed E-state index contributed by atoms with van der Waals surface area (Å²) in [4.78, 5) is 13.2. The van der Waals surface area contributed by atoms with Crippen LogP contribution >= 0.6 is 11.8 Å². The van der Waals surface area contributed by atoms with Gasteiger partial charge >= 0.3 is 5.97 Å². The molecule has 1 aromatic heterocycles. The maximum absolute atomic E-state index is 12.2. The molecule has 2 aromatic carbocycles. The van der Waals surface area contributed by atoms with Crippen LogP contribution in [0.15, 0.2) is 70.1 Å². The van der Waals surface area contributed by atoms with Crippen LogP contribution in [-0.4, -0.2) is 16.4 Å². The van der Waals surface area contributed by atoms with Gasteiger partial charge in [0.2, 0.25) is 0 Å². The molecular formula is C20H19NO3S. The summed E-state index contributed by atoms with van der Waals surface area (Å²) in [6.07, 6.45) is 0. The van der Waals surface area contributed by atoms with Crippen molar-refractivity contribution in [2.24, 2.45) is 0 Å². The molecule has 0 spiro atoms. The normalized spacial score (nSPS) is 11.9. The molecule has 25 heavy (non-hydrogen) atoms. The van der Waals surface area contributed by atoms with Gasteiger partial charge in [-0.2, -0.15) is 0 Å². The first kappa shape index (κ1) is 17.3. The summed E-state index contributed by atoms with van der Waals surface area (Å²) >= 11 is 1.48. The topological polar surface area (TPSA) is 52.3 Å². The van der Waals surface area contributed by atoms with E-state index in [1.807, 2.05) is 68.4 Å². The predicted octanol–water partition coefficient (Wildman–Crippen LogP) is 4.87. The number of esters is 1. The van der Waals surface area contributed by atoms with Gasteiger partial charge in [0.25, 0.3) is 0 Å². The first-order valence-electron chi connectivity index (χ1n) is 8.03. The lowest BCUT2D eigenvalue weighted by Gasteiger charge is -2.10. The summed E-state index contributed by atoms with van der Waals surface area (Å²) in [5.41, 5.74) is 2.73. The first-order valence-corrected chi connectivity index (χ1v) is 8.91. The van der Waals surface area contributed by atoms with Crippen molar-refractivity contribution in [3.05, 3.63) is 71.9 Å². The third-order valence-corrected chi connectivity index (χ3v) is 4.74. The quantitative estimate of drug-likeness (QED) is 0.467. The summed E-state index contributed by atoms with van der Waals surface area (Å²) in [6, 6.07) is 19.6. The average Bonchev–Trinajstić information content (AvgIpc) is 3.11. The van der Waals surface area contributed by atoms with E-state index in [2.05, 4.69) is 5.16 Å². The van der Waals surface area contributed by atoms with E-state index in [0.29, 0.717) is 11.5 Å². The van der Waals surface area contributed by atoms with Crippen molar-refractivity contribution < 1.29 is 14.1 Å². The smallest absolute Gasteiger partial charge is 0.319 e. The van der Waals surface area contributed by atoms with Crippen molar-refractivity contribution in [2.75, 3.05) is 0 Å². The van der Waals surface area contributed by atoms with Gasteiger partial charge in [0, 0.05) is 16.5 Å². The molecule has 0 saturated heterocycles. The van der Waals surface area contributed by atoms with E-state index in [9.17, 15) is 4.79 Å². The van der Waals surface area contributed by atoms with Crippen molar-refractivity contribution in [3.63, 3.8) is 0 Å². The van der Waals surface area contributed by atoms with Gasteiger partial charge in [-0.25, -0.2) is 0 Å². The van der Waals surface area contributed by atoms with Crippen LogP contribution in [0, 0.1) is 6.92 Å². The molecule has 0 unspecified atom stereocenters. The number of carbonyl (C=O) groups is 1. The Morgan fingerprint density at radius 2 is 1.88 bits per heavy atom. The Balaban J connectivity index is 1.53. The van der Waals surface area contributed by atoms with Gasteiger partial charge in [-0.05, 0) is 26.0 Å². The third kappa shape index (κ3) is 4.73. The standard InChI is InChI=1S/C20H19NO3S/c1-14-8-10-18(11-9-14)25-15(2)20(22)23-13-17-12-19(24-21-17)16-6-4-3-5-7-16/h3-12,15H,13H2,1-2H3/t15-/m1/s1. The van der Waals surface area contributed by atoms with Crippen molar-refractivity contribution in [2.45, 2.75) is 30.6 Å². The highest BCUT2D eigenvalue weighted by Gasteiger charge is 2.17. The number of ether oxygens (including phenoxy) is 1. The fourth-order valence-electron chi connectivity index (χ4n) is 2.25. The lowest BCUT2D eigenvalue weighted by molar-refractivity contribution is -0.144. The molecule has 1 atom stereocenters. The second-order valence-corrected chi connectivity index (χ2v) is 7.14. The van der Waals surface area contributed by atoms with Crippen molar-refractivity contribution in [1.82, 2.24) is 5.16 Å². The zero-order valence-electron chi connectivity index (χ0n) is 14.1. The minimum atomic E-state index is -0.289. The van der Waals surface area contributed by atoms with Crippen LogP contribution in [0.1, 0.15) is 18.2 Å². The largest absolute Gasteiger partial charge is 0.458 e. The highest BCUT2D eigenvalue weighted by atomic mass is 32.2. The molecule has 0 fully saturated rings. The van der Waals surface area contributed by atoms with Gasteiger partial charge < -0.3 is 9.26 Å². The van der Waals surface area contributed by atoms with Crippen molar-refractivity contribution in [3.8, 4) is 11.3 Å². The van der Waals surface area contributed by atoms with Gasteiger partial charge in [0.05, 0.1) is 0 Å². The molecule has 0 aliphatic heterocycles. The molecule has 0 radical (unpaired) electrons. The number of benzene rings is 2. The highest BCUT2D eigenvalue weighted by Crippen LogP contribution is 2.25. The predicted molar refractivity (Wildman–Crippen MR) is 98.2 cm³/mol. The molecule has 1 heterocycles. The van der Waals surface area contributed by atoms with E-state index in [1.165, 1.54) is 17.3 Å². The number of hydrogen-bond donors (Lipinski definition) is 0. The second-order valence-electron chi connectivity index (χ2n) is 5.73. The summed E-state index contributed by atoms with van der Waals surface area (Å²) in [5, 5.41) is 3.67. The van der Waals surface area contributed by atoms with Crippen molar-refractivity contribution >= 4 is 17.7 Å². The minimum absolute atomic E-state index is 0.105. The van der Waals surface area contributed by atoms with Crippen LogP contribution in [0.25, 0.3) is 11.3 Å². The summed E-state index contributed by atoms with van der Waals surface area (Å²) in [6.45, 7) is 3.98. The Morgan fingerprint density at radius 1 is 1.16 bits per heavy atom. The molecule has 3 rings (SSSR count). The zero-order valence-corrected chi connectivity index (χ0v) is 15.0. The maximum atomic E-state index is 12.2. The van der Waals surface area contributed by atoms with Gasteiger partial charge in [-0.15, -0.1) is 11.8 Å². The fourth-order valence-corrected chi connectivity index (χ4v) is 3.12. The Kier molecular flexibility index (Phi) is 5.56. The van der Waals surface area contributed by atoms with Gasteiger partial charge in [-0.1, -0.05) is 53.2 Å². The maximum Gasteiger partial charge on any atom is 0.319 e. The molecule has 0 aliphatic rings. The Hall–Kier alpha value is -2.53. The van der Waals surface area contributed by atoms with Crippen LogP contribution in [-0.2, 0) is 16.1 Å². The molecule has 0 amide bonds. The molecule has 4 nitrogen and oxygen atoms in total. The minimum Gasteiger partial charge on any atom is -0.458 e. The molecule has 128 valence electrons. The van der Waals surface area contributed by atoms with Crippen LogP contribution in [0.5, 0.6) is 0 Å². The lowest BCUT2D eigenvalue weighted by atomic mass is 10.2. The molecule has 0 bridgehead atoms. The Morgan fingerprint density at radius 3 is 2.60 bits per heavy atom. The number of thioether (sulfide) groups is 1. The van der Waals surface area contributed by atoms with E-state index in [4.69, 9.17) is 9.26 Å². The molecule has 5 heteroatoms. The fraction of sp³-hybridized carbons (Fsp3) is 0.200. The Labute approximate surface area is 151 Å². The van der Waals surface area contributed by atoms with Crippen molar-refractivity contribution in [1.29, 1.82) is 0 Å². The molecule has 0 saturated carbocycles. The van der Waals surface area contributed by atoms with Crippen LogP contribution < -0.4 is 0 Å². The number of hydrogen-bond acceptors (Lipinski definition) is 5. The number of aromatic nitrogens is 1. The molecular weight excluding hydrogens is 334 g/mol. The lowest BCUT2D eigenvalue weighted by Crippen LogP contribution is -2.16. The molecule has 3 aromatic rings. The summed E-state index contributed by atoms with van der Waals surface area (Å²) < 4.78 is 10.7. The van der Waals surface area contributed by atoms with Gasteiger partial charge in [0.1, 0.15) is 17.6 Å². The van der Waals surface area contributed by atoms with Crippen LogP contribution in [0.3, 0.4) is 0 Å². The van der Waals surface area contributed by atoms with E-state index < -0.39 is 0 Å². The van der Waals surface area contributed by atoms with Gasteiger partial charge in [-0.3, -0.25) is 4.79 Å². The molecule has 0 aliphatic carbocycles. The van der Waals surface area contributed by atoms with Crippen LogP contribution in [0.4, 0.5) is 0 Å². The van der Waals surface area contributed by atoms with E-state index in [0.717, 1.165) is 10.5 Å². The first-order chi connectivity index (χ1) is 12.1. The monoisotopic (exact) mass is 353 g/mol. The number of carbonyl (C=O) groups excluding carboxylic acids is 1. The van der Waals surface area contributed by atoms with E-state index in [-0.39, 0.29) is 17.8 Å².